The van der Waals surface area contributed by atoms with Gasteiger partial charge in [-0.1, -0.05) is 15.9 Å². The zero-order chi connectivity index (χ0) is 11.1. The Kier molecular flexibility index (Phi) is 6.24. The molecule has 0 atom stereocenters. The average Bonchev–Trinajstić information content (AvgIpc) is 2.20. The molecule has 5 heteroatoms. The minimum absolute atomic E-state index is 0.0714. The lowest BCUT2D eigenvalue weighted by Gasteiger charge is -2.08. The molecule has 0 radical (unpaired) electrons. The highest BCUT2D eigenvalue weighted by Crippen LogP contribution is 2.25. The summed E-state index contributed by atoms with van der Waals surface area (Å²) in [6.45, 7) is 1.77. The Morgan fingerprint density at radius 1 is 1.27 bits per heavy atom. The molecule has 15 heavy (non-hydrogen) atoms. The summed E-state index contributed by atoms with van der Waals surface area (Å²) in [4.78, 5) is 0. The predicted octanol–water partition coefficient (Wildman–Crippen LogP) is 2.63. The Balaban J connectivity index is 2.31. The molecule has 1 rings (SSSR count). The first kappa shape index (κ1) is 13.0. The lowest BCUT2D eigenvalue weighted by molar-refractivity contribution is 0.0992. The zero-order valence-electron chi connectivity index (χ0n) is 8.17. The van der Waals surface area contributed by atoms with Crippen molar-refractivity contribution in [3.8, 4) is 0 Å². The normalized spacial score (nSPS) is 10.3. The molecule has 1 aromatic carbocycles. The van der Waals surface area contributed by atoms with Crippen molar-refractivity contribution in [1.29, 1.82) is 0 Å². The van der Waals surface area contributed by atoms with Gasteiger partial charge in [0.15, 0.2) is 0 Å². The van der Waals surface area contributed by atoms with Gasteiger partial charge in [-0.2, -0.15) is 0 Å². The van der Waals surface area contributed by atoms with Crippen molar-refractivity contribution >= 4 is 37.5 Å². The standard InChI is InChI=1S/C10H13Br2NO2/c11-8-1-2-10(9(12)7-8)13-3-5-15-6-4-14/h1-2,7,13-14H,3-6H2. The van der Waals surface area contributed by atoms with Crippen LogP contribution in [0.5, 0.6) is 0 Å². The number of rotatable bonds is 6. The second-order valence-electron chi connectivity index (χ2n) is 2.89. The molecule has 0 saturated heterocycles. The number of nitrogens with one attached hydrogen (secondary N) is 1. The lowest BCUT2D eigenvalue weighted by atomic mass is 10.3. The number of anilines is 1. The van der Waals surface area contributed by atoms with Crippen molar-refractivity contribution < 1.29 is 9.84 Å². The summed E-state index contributed by atoms with van der Waals surface area (Å²) in [7, 11) is 0. The van der Waals surface area contributed by atoms with E-state index in [2.05, 4.69) is 37.2 Å². The fourth-order valence-electron chi connectivity index (χ4n) is 1.06. The smallest absolute Gasteiger partial charge is 0.0698 e. The maximum atomic E-state index is 8.50. The highest BCUT2D eigenvalue weighted by Gasteiger charge is 1.98. The van der Waals surface area contributed by atoms with Gasteiger partial charge < -0.3 is 15.2 Å². The summed E-state index contributed by atoms with van der Waals surface area (Å²) in [5, 5.41) is 11.7. The van der Waals surface area contributed by atoms with E-state index in [1.165, 1.54) is 0 Å². The second kappa shape index (κ2) is 7.22. The van der Waals surface area contributed by atoms with E-state index >= 15 is 0 Å². The Morgan fingerprint density at radius 2 is 2.07 bits per heavy atom. The molecule has 1 aromatic rings. The van der Waals surface area contributed by atoms with Crippen LogP contribution in [0.2, 0.25) is 0 Å². The third-order valence-electron chi connectivity index (χ3n) is 1.73. The molecule has 0 aromatic heterocycles. The first-order valence-corrected chi connectivity index (χ1v) is 6.20. The van der Waals surface area contributed by atoms with Gasteiger partial charge in [0.1, 0.15) is 0 Å². The molecular weight excluding hydrogens is 326 g/mol. The maximum absolute atomic E-state index is 8.50. The number of aliphatic hydroxyl groups is 1. The summed E-state index contributed by atoms with van der Waals surface area (Å²) >= 11 is 6.85. The van der Waals surface area contributed by atoms with Gasteiger partial charge in [-0.25, -0.2) is 0 Å². The van der Waals surface area contributed by atoms with E-state index in [4.69, 9.17) is 9.84 Å². The van der Waals surface area contributed by atoms with Crippen LogP contribution >= 0.6 is 31.9 Å². The van der Waals surface area contributed by atoms with Crippen molar-refractivity contribution in [2.24, 2.45) is 0 Å². The Morgan fingerprint density at radius 3 is 2.73 bits per heavy atom. The van der Waals surface area contributed by atoms with Crippen molar-refractivity contribution in [1.82, 2.24) is 0 Å². The molecular formula is C10H13Br2NO2. The van der Waals surface area contributed by atoms with Gasteiger partial charge in [-0.05, 0) is 34.1 Å². The average molecular weight is 339 g/mol. The van der Waals surface area contributed by atoms with Crippen LogP contribution < -0.4 is 5.32 Å². The van der Waals surface area contributed by atoms with E-state index in [1.54, 1.807) is 0 Å². The Bertz CT molecular complexity index is 307. The fraction of sp³-hybridized carbons (Fsp3) is 0.400. The molecule has 3 nitrogen and oxygen atoms in total. The number of hydrogen-bond acceptors (Lipinski definition) is 3. The number of halogens is 2. The molecule has 0 saturated carbocycles. The fourth-order valence-corrected chi connectivity index (χ4v) is 2.24. The summed E-state index contributed by atoms with van der Waals surface area (Å²) in [6.07, 6.45) is 0. The number of aliphatic hydroxyl groups excluding tert-OH is 1. The van der Waals surface area contributed by atoms with Gasteiger partial charge in [0, 0.05) is 21.2 Å². The highest BCUT2D eigenvalue weighted by molar-refractivity contribution is 9.11. The van der Waals surface area contributed by atoms with Crippen LogP contribution in [0.4, 0.5) is 5.69 Å². The van der Waals surface area contributed by atoms with Gasteiger partial charge in [-0.15, -0.1) is 0 Å². The van der Waals surface area contributed by atoms with Crippen molar-refractivity contribution in [3.63, 3.8) is 0 Å². The summed E-state index contributed by atoms with van der Waals surface area (Å²) in [5.41, 5.74) is 1.03. The quantitative estimate of drug-likeness (QED) is 0.783. The molecule has 0 bridgehead atoms. The summed E-state index contributed by atoms with van der Waals surface area (Å²) < 4.78 is 7.18. The van der Waals surface area contributed by atoms with Gasteiger partial charge in [0.05, 0.1) is 19.8 Å². The first-order chi connectivity index (χ1) is 7.24. The van der Waals surface area contributed by atoms with Gasteiger partial charge in [-0.3, -0.25) is 0 Å². The van der Waals surface area contributed by atoms with E-state index in [0.717, 1.165) is 21.2 Å². The van der Waals surface area contributed by atoms with E-state index in [9.17, 15) is 0 Å². The van der Waals surface area contributed by atoms with Crippen molar-refractivity contribution in [3.05, 3.63) is 27.1 Å². The van der Waals surface area contributed by atoms with Crippen LogP contribution in [0.25, 0.3) is 0 Å². The Labute approximate surface area is 106 Å². The molecule has 0 aliphatic carbocycles. The molecule has 0 spiro atoms. The monoisotopic (exact) mass is 337 g/mol. The predicted molar refractivity (Wildman–Crippen MR) is 68.2 cm³/mol. The zero-order valence-corrected chi connectivity index (χ0v) is 11.3. The molecule has 2 N–H and O–H groups in total. The highest BCUT2D eigenvalue weighted by atomic mass is 79.9. The van der Waals surface area contributed by atoms with Crippen LogP contribution in [0.15, 0.2) is 27.1 Å². The number of ether oxygens (including phenoxy) is 1. The largest absolute Gasteiger partial charge is 0.394 e. The molecule has 0 unspecified atom stereocenters. The second-order valence-corrected chi connectivity index (χ2v) is 4.66. The SMILES string of the molecule is OCCOCCNc1ccc(Br)cc1Br. The minimum Gasteiger partial charge on any atom is -0.394 e. The Hall–Kier alpha value is -0.100. The molecule has 0 aliphatic heterocycles. The number of benzene rings is 1. The van der Waals surface area contributed by atoms with E-state index in [1.807, 2.05) is 18.2 Å². The summed E-state index contributed by atoms with van der Waals surface area (Å²) in [5.74, 6) is 0. The maximum Gasteiger partial charge on any atom is 0.0698 e. The molecule has 0 amide bonds. The third-order valence-corrected chi connectivity index (χ3v) is 2.88. The third kappa shape index (κ3) is 4.97. The van der Waals surface area contributed by atoms with Crippen molar-refractivity contribution in [2.75, 3.05) is 31.7 Å². The molecule has 0 aliphatic rings. The minimum atomic E-state index is 0.0714. The molecule has 0 heterocycles. The van der Waals surface area contributed by atoms with Crippen LogP contribution in [0.3, 0.4) is 0 Å². The van der Waals surface area contributed by atoms with Crippen LogP contribution in [0, 0.1) is 0 Å². The van der Waals surface area contributed by atoms with Crippen molar-refractivity contribution in [2.45, 2.75) is 0 Å². The van der Waals surface area contributed by atoms with Gasteiger partial charge in [0.2, 0.25) is 0 Å². The van der Waals surface area contributed by atoms with E-state index in [-0.39, 0.29) is 6.61 Å². The first-order valence-electron chi connectivity index (χ1n) is 4.61. The molecule has 84 valence electrons. The number of hydrogen-bond donors (Lipinski definition) is 2. The molecule has 0 fully saturated rings. The van der Waals surface area contributed by atoms with Crippen LogP contribution in [-0.4, -0.2) is 31.5 Å². The summed E-state index contributed by atoms with van der Waals surface area (Å²) in [6, 6.07) is 5.94. The van der Waals surface area contributed by atoms with Crippen LogP contribution in [0.1, 0.15) is 0 Å². The topological polar surface area (TPSA) is 41.5 Å². The van der Waals surface area contributed by atoms with Gasteiger partial charge >= 0.3 is 0 Å². The van der Waals surface area contributed by atoms with E-state index in [0.29, 0.717) is 13.2 Å². The van der Waals surface area contributed by atoms with E-state index < -0.39 is 0 Å². The van der Waals surface area contributed by atoms with Gasteiger partial charge in [0.25, 0.3) is 0 Å². The van der Waals surface area contributed by atoms with Crippen LogP contribution in [-0.2, 0) is 4.74 Å². The lowest BCUT2D eigenvalue weighted by Crippen LogP contribution is -2.11.